The summed E-state index contributed by atoms with van der Waals surface area (Å²) in [4.78, 5) is 0. The van der Waals surface area contributed by atoms with Crippen molar-refractivity contribution in [2.75, 3.05) is 6.61 Å². The molecule has 2 nitrogen and oxygen atoms in total. The summed E-state index contributed by atoms with van der Waals surface area (Å²) in [6.07, 6.45) is 0. The Morgan fingerprint density at radius 1 is 1.62 bits per heavy atom. The molecule has 0 heterocycles. The Morgan fingerprint density at radius 3 is 2.88 bits per heavy atom. The van der Waals surface area contributed by atoms with Gasteiger partial charge in [0.05, 0.1) is 5.03 Å². The lowest BCUT2D eigenvalue weighted by molar-refractivity contribution is 0.351. The van der Waals surface area contributed by atoms with Crippen LogP contribution in [-0.4, -0.2) is 6.61 Å². The van der Waals surface area contributed by atoms with Crippen molar-refractivity contribution in [2.24, 2.45) is 5.73 Å². The molecule has 0 fully saturated rings. The largest absolute Gasteiger partial charge is 0.488 e. The third-order valence-corrected chi connectivity index (χ3v) is 2.54. The van der Waals surface area contributed by atoms with Crippen LogP contribution in [0.3, 0.4) is 0 Å². The van der Waals surface area contributed by atoms with E-state index in [1.165, 1.54) is 17.7 Å². The van der Waals surface area contributed by atoms with E-state index in [2.05, 4.69) is 0 Å². The lowest BCUT2D eigenvalue weighted by Crippen LogP contribution is -2.09. The van der Waals surface area contributed by atoms with Crippen LogP contribution < -0.4 is 10.5 Å². The van der Waals surface area contributed by atoms with Crippen molar-refractivity contribution in [1.82, 2.24) is 0 Å². The van der Waals surface area contributed by atoms with Crippen molar-refractivity contribution in [3.63, 3.8) is 0 Å². The quantitative estimate of drug-likeness (QED) is 0.902. The number of halogens is 3. The fourth-order valence-corrected chi connectivity index (χ4v) is 1.31. The lowest BCUT2D eigenvalue weighted by atomic mass is 10.1. The molecule has 16 heavy (non-hydrogen) atoms. The molecular formula is C11H12Cl2FNO. The van der Waals surface area contributed by atoms with Crippen LogP contribution in [0.2, 0.25) is 0 Å². The second kappa shape index (κ2) is 6.09. The van der Waals surface area contributed by atoms with E-state index >= 15 is 0 Å². The van der Waals surface area contributed by atoms with Gasteiger partial charge >= 0.3 is 0 Å². The van der Waals surface area contributed by atoms with Gasteiger partial charge in [-0.3, -0.25) is 0 Å². The summed E-state index contributed by atoms with van der Waals surface area (Å²) >= 11 is 11.0. The van der Waals surface area contributed by atoms with Crippen LogP contribution in [0.1, 0.15) is 18.5 Å². The van der Waals surface area contributed by atoms with Crippen molar-refractivity contribution in [3.8, 4) is 5.75 Å². The average molecular weight is 264 g/mol. The van der Waals surface area contributed by atoms with Gasteiger partial charge in [0.2, 0.25) is 0 Å². The van der Waals surface area contributed by atoms with Crippen LogP contribution >= 0.6 is 23.2 Å². The third kappa shape index (κ3) is 3.67. The zero-order valence-corrected chi connectivity index (χ0v) is 10.2. The highest BCUT2D eigenvalue weighted by molar-refractivity contribution is 6.36. The minimum Gasteiger partial charge on any atom is -0.488 e. The molecule has 0 aliphatic carbocycles. The van der Waals surface area contributed by atoms with Crippen LogP contribution in [-0.2, 0) is 0 Å². The molecule has 0 aromatic heterocycles. The highest BCUT2D eigenvalue weighted by Gasteiger charge is 2.09. The molecule has 1 aromatic carbocycles. The number of hydrogen-bond acceptors (Lipinski definition) is 2. The Hall–Kier alpha value is -0.770. The summed E-state index contributed by atoms with van der Waals surface area (Å²) < 4.78 is 18.3. The minimum absolute atomic E-state index is 0.0915. The molecule has 0 amide bonds. The van der Waals surface area contributed by atoms with Crippen molar-refractivity contribution >= 4 is 23.2 Å². The number of nitrogens with two attached hydrogens (primary N) is 1. The maximum absolute atomic E-state index is 13.0. The summed E-state index contributed by atoms with van der Waals surface area (Å²) in [7, 11) is 0. The fraction of sp³-hybridized carbons (Fsp3) is 0.273. The maximum Gasteiger partial charge on any atom is 0.127 e. The molecule has 88 valence electrons. The van der Waals surface area contributed by atoms with E-state index in [0.717, 1.165) is 5.56 Å². The summed E-state index contributed by atoms with van der Waals surface area (Å²) in [6.45, 7) is 1.88. The Bertz CT molecular complexity index is 394. The SMILES string of the molecule is C[C@@H](N)c1ccc(F)cc1OCC(Cl)=CCl. The lowest BCUT2D eigenvalue weighted by Gasteiger charge is -2.13. The molecule has 0 unspecified atom stereocenters. The van der Waals surface area contributed by atoms with Gasteiger partial charge in [-0.25, -0.2) is 4.39 Å². The average Bonchev–Trinajstić information content (AvgIpc) is 2.25. The number of hydrogen-bond donors (Lipinski definition) is 1. The standard InChI is InChI=1S/C11H12Cl2FNO/c1-7(15)10-3-2-9(14)4-11(10)16-6-8(13)5-12/h2-5,7H,6,15H2,1H3/t7-/m1/s1. The fourth-order valence-electron chi connectivity index (χ4n) is 1.19. The molecule has 2 N–H and O–H groups in total. The Kier molecular flexibility index (Phi) is 5.06. The predicted octanol–water partition coefficient (Wildman–Crippen LogP) is 3.54. The van der Waals surface area contributed by atoms with E-state index in [4.69, 9.17) is 33.7 Å². The van der Waals surface area contributed by atoms with Crippen LogP contribution in [0, 0.1) is 5.82 Å². The smallest absolute Gasteiger partial charge is 0.127 e. The highest BCUT2D eigenvalue weighted by Crippen LogP contribution is 2.25. The van der Waals surface area contributed by atoms with Crippen molar-refractivity contribution in [2.45, 2.75) is 13.0 Å². The van der Waals surface area contributed by atoms with Gasteiger partial charge < -0.3 is 10.5 Å². The number of ether oxygens (including phenoxy) is 1. The van der Waals surface area contributed by atoms with Gasteiger partial charge in [-0.1, -0.05) is 29.3 Å². The van der Waals surface area contributed by atoms with Crippen LogP contribution in [0.25, 0.3) is 0 Å². The van der Waals surface area contributed by atoms with Gasteiger partial charge in [-0.15, -0.1) is 0 Å². The Labute approximate surface area is 104 Å². The Balaban J connectivity index is 2.88. The van der Waals surface area contributed by atoms with E-state index in [9.17, 15) is 4.39 Å². The molecule has 0 aliphatic heterocycles. The molecule has 1 atom stereocenters. The minimum atomic E-state index is -0.384. The molecular weight excluding hydrogens is 252 g/mol. The summed E-state index contributed by atoms with van der Waals surface area (Å²) in [5.41, 5.74) is 7.65. The number of benzene rings is 1. The van der Waals surface area contributed by atoms with Gasteiger partial charge in [-0.2, -0.15) is 0 Å². The van der Waals surface area contributed by atoms with Crippen LogP contribution in [0.4, 0.5) is 4.39 Å². The summed E-state index contributed by atoms with van der Waals surface area (Å²) in [6, 6.07) is 3.96. The van der Waals surface area contributed by atoms with Crippen molar-refractivity contribution in [3.05, 3.63) is 40.1 Å². The van der Waals surface area contributed by atoms with E-state index in [-0.39, 0.29) is 18.5 Å². The molecule has 0 aliphatic rings. The van der Waals surface area contributed by atoms with Gasteiger partial charge in [0.25, 0.3) is 0 Å². The maximum atomic E-state index is 13.0. The third-order valence-electron chi connectivity index (χ3n) is 1.95. The van der Waals surface area contributed by atoms with Gasteiger partial charge in [0.15, 0.2) is 0 Å². The van der Waals surface area contributed by atoms with Gasteiger partial charge in [0, 0.05) is 23.2 Å². The molecule has 0 saturated heterocycles. The predicted molar refractivity (Wildman–Crippen MR) is 64.3 cm³/mol. The van der Waals surface area contributed by atoms with Crippen LogP contribution in [0.15, 0.2) is 28.8 Å². The topological polar surface area (TPSA) is 35.2 Å². The summed E-state index contributed by atoms with van der Waals surface area (Å²) in [5.74, 6) is -0.00274. The summed E-state index contributed by atoms with van der Waals surface area (Å²) in [5, 5.41) is 0.335. The molecule has 0 saturated carbocycles. The zero-order valence-electron chi connectivity index (χ0n) is 8.71. The van der Waals surface area contributed by atoms with Gasteiger partial charge in [0.1, 0.15) is 18.2 Å². The first-order chi connectivity index (χ1) is 7.54. The van der Waals surface area contributed by atoms with E-state index < -0.39 is 0 Å². The monoisotopic (exact) mass is 263 g/mol. The molecule has 0 bridgehead atoms. The first-order valence-electron chi connectivity index (χ1n) is 4.67. The first-order valence-corrected chi connectivity index (χ1v) is 5.48. The molecule has 1 aromatic rings. The van der Waals surface area contributed by atoms with Crippen molar-refractivity contribution < 1.29 is 9.13 Å². The Morgan fingerprint density at radius 2 is 2.31 bits per heavy atom. The normalized spacial score (nSPS) is 13.7. The highest BCUT2D eigenvalue weighted by atomic mass is 35.5. The van der Waals surface area contributed by atoms with Gasteiger partial charge in [-0.05, 0) is 13.0 Å². The first kappa shape index (κ1) is 13.3. The molecule has 5 heteroatoms. The van der Waals surface area contributed by atoms with Crippen molar-refractivity contribution in [1.29, 1.82) is 0 Å². The van der Waals surface area contributed by atoms with E-state index in [1.807, 2.05) is 0 Å². The zero-order chi connectivity index (χ0) is 12.1. The van der Waals surface area contributed by atoms with Crippen LogP contribution in [0.5, 0.6) is 5.75 Å². The second-order valence-corrected chi connectivity index (χ2v) is 4.02. The molecule has 0 radical (unpaired) electrons. The molecule has 0 spiro atoms. The number of rotatable bonds is 4. The molecule has 1 rings (SSSR count). The van der Waals surface area contributed by atoms with E-state index in [0.29, 0.717) is 10.8 Å². The second-order valence-electron chi connectivity index (χ2n) is 3.32. The van der Waals surface area contributed by atoms with E-state index in [1.54, 1.807) is 13.0 Å².